The molecule has 0 aromatic heterocycles. The highest BCUT2D eigenvalue weighted by Crippen LogP contribution is 2.32. The van der Waals surface area contributed by atoms with E-state index in [1.54, 1.807) is 48.5 Å². The Hall–Kier alpha value is -2.59. The van der Waals surface area contributed by atoms with Gasteiger partial charge in [-0.25, -0.2) is 4.90 Å². The maximum Gasteiger partial charge on any atom is 0.269 e. The summed E-state index contributed by atoms with van der Waals surface area (Å²) in [6.45, 7) is 2.26. The van der Waals surface area contributed by atoms with Crippen molar-refractivity contribution in [3.05, 3.63) is 70.9 Å². The molecule has 5 heteroatoms. The molecule has 1 aliphatic heterocycles. The molecule has 2 aromatic carbocycles. The van der Waals surface area contributed by atoms with Gasteiger partial charge in [0.2, 0.25) is 0 Å². The lowest BCUT2D eigenvalue weighted by Gasteiger charge is -2.28. The van der Waals surface area contributed by atoms with E-state index < -0.39 is 5.91 Å². The number of hydrogen-bond acceptors (Lipinski definition) is 3. The molecule has 0 N–H and O–H groups in total. The van der Waals surface area contributed by atoms with Crippen molar-refractivity contribution in [2.45, 2.75) is 6.92 Å². The number of ether oxygens (including phenoxy) is 1. The van der Waals surface area contributed by atoms with E-state index in [4.69, 9.17) is 16.3 Å². The minimum absolute atomic E-state index is 0.349. The average Bonchev–Trinajstić information content (AvgIpc) is 2.55. The largest absolute Gasteiger partial charge is 0.501 e. The summed E-state index contributed by atoms with van der Waals surface area (Å²) in [5.41, 5.74) is 1.82. The maximum atomic E-state index is 12.8. The number of halogens is 1. The second-order valence-corrected chi connectivity index (χ2v) is 5.39. The van der Waals surface area contributed by atoms with Crippen molar-refractivity contribution in [3.8, 4) is 0 Å². The first-order valence-corrected chi connectivity index (χ1v) is 7.56. The Morgan fingerprint density at radius 1 is 1.04 bits per heavy atom. The summed E-state index contributed by atoms with van der Waals surface area (Å²) in [6.07, 6.45) is 1.41. The Morgan fingerprint density at radius 3 is 2.48 bits per heavy atom. The van der Waals surface area contributed by atoms with Gasteiger partial charge in [-0.05, 0) is 31.2 Å². The molecule has 23 heavy (non-hydrogen) atoms. The van der Waals surface area contributed by atoms with Crippen LogP contribution < -0.4 is 4.90 Å². The second-order valence-electron chi connectivity index (χ2n) is 4.96. The van der Waals surface area contributed by atoms with E-state index in [-0.39, 0.29) is 5.91 Å². The Kier molecular flexibility index (Phi) is 4.17. The molecule has 0 aliphatic carbocycles. The van der Waals surface area contributed by atoms with Gasteiger partial charge < -0.3 is 4.74 Å². The molecule has 0 spiro atoms. The van der Waals surface area contributed by atoms with E-state index in [0.717, 1.165) is 4.90 Å². The summed E-state index contributed by atoms with van der Waals surface area (Å²) >= 11 is 5.99. The zero-order valence-electron chi connectivity index (χ0n) is 12.5. The quantitative estimate of drug-likeness (QED) is 0.488. The molecule has 0 unspecified atom stereocenters. The number of benzene rings is 2. The SMILES string of the molecule is CCO/C=C1/C(=O)N(c2cccc(Cl)c2)C(=O)c2ccccc21. The highest BCUT2D eigenvalue weighted by Gasteiger charge is 2.36. The molecular weight excluding hydrogens is 314 g/mol. The summed E-state index contributed by atoms with van der Waals surface area (Å²) in [4.78, 5) is 26.7. The molecule has 1 heterocycles. The normalized spacial score (nSPS) is 15.7. The fourth-order valence-electron chi connectivity index (χ4n) is 2.48. The van der Waals surface area contributed by atoms with Gasteiger partial charge in [0.05, 0.1) is 24.1 Å². The number of hydrogen-bond donors (Lipinski definition) is 0. The van der Waals surface area contributed by atoms with Crippen molar-refractivity contribution >= 4 is 34.7 Å². The van der Waals surface area contributed by atoms with Crippen LogP contribution in [-0.2, 0) is 9.53 Å². The van der Waals surface area contributed by atoms with Crippen LogP contribution in [0.5, 0.6) is 0 Å². The first kappa shape index (κ1) is 15.3. The molecule has 4 nitrogen and oxygen atoms in total. The standard InChI is InChI=1S/C18H14ClNO3/c1-2-23-11-16-14-8-3-4-9-15(14)17(21)20(18(16)22)13-7-5-6-12(19)10-13/h3-11H,2H2,1H3/b16-11+. The summed E-state index contributed by atoms with van der Waals surface area (Å²) in [7, 11) is 0. The lowest BCUT2D eigenvalue weighted by atomic mass is 9.94. The van der Waals surface area contributed by atoms with Gasteiger partial charge >= 0.3 is 0 Å². The van der Waals surface area contributed by atoms with Crippen LogP contribution in [0.1, 0.15) is 22.8 Å². The highest BCUT2D eigenvalue weighted by atomic mass is 35.5. The molecule has 0 bridgehead atoms. The number of amides is 2. The number of fused-ring (bicyclic) bond motifs is 1. The number of anilines is 1. The van der Waals surface area contributed by atoms with Gasteiger partial charge in [-0.15, -0.1) is 0 Å². The summed E-state index contributed by atoms with van der Waals surface area (Å²) in [5.74, 6) is -0.800. The maximum absolute atomic E-state index is 12.8. The molecule has 0 saturated heterocycles. The number of nitrogens with zero attached hydrogens (tertiary/aromatic N) is 1. The van der Waals surface area contributed by atoms with Crippen molar-refractivity contribution in [2.75, 3.05) is 11.5 Å². The number of rotatable bonds is 3. The van der Waals surface area contributed by atoms with Crippen LogP contribution >= 0.6 is 11.6 Å². The van der Waals surface area contributed by atoms with Crippen molar-refractivity contribution in [1.82, 2.24) is 0 Å². The zero-order chi connectivity index (χ0) is 16.4. The van der Waals surface area contributed by atoms with Crippen LogP contribution in [-0.4, -0.2) is 18.4 Å². The van der Waals surface area contributed by atoms with E-state index in [1.165, 1.54) is 6.26 Å². The molecule has 2 amide bonds. The zero-order valence-corrected chi connectivity index (χ0v) is 13.2. The van der Waals surface area contributed by atoms with Crippen LogP contribution in [0.15, 0.2) is 54.8 Å². The molecule has 0 radical (unpaired) electrons. The van der Waals surface area contributed by atoms with E-state index in [9.17, 15) is 9.59 Å². The molecule has 0 fully saturated rings. The molecule has 1 aliphatic rings. The molecule has 0 atom stereocenters. The predicted octanol–water partition coefficient (Wildman–Crippen LogP) is 3.90. The second kappa shape index (κ2) is 6.26. The molecule has 0 saturated carbocycles. The Balaban J connectivity index is 2.17. The van der Waals surface area contributed by atoms with Gasteiger partial charge in [0.1, 0.15) is 0 Å². The third-order valence-electron chi connectivity index (χ3n) is 3.52. The average molecular weight is 328 g/mol. The smallest absolute Gasteiger partial charge is 0.269 e. The van der Waals surface area contributed by atoms with E-state index in [1.807, 2.05) is 6.92 Å². The number of carbonyl (C=O) groups is 2. The first-order valence-electron chi connectivity index (χ1n) is 7.19. The Labute approximate surface area is 138 Å². The predicted molar refractivity (Wildman–Crippen MR) is 89.3 cm³/mol. The lowest BCUT2D eigenvalue weighted by molar-refractivity contribution is -0.113. The van der Waals surface area contributed by atoms with Crippen molar-refractivity contribution < 1.29 is 14.3 Å². The van der Waals surface area contributed by atoms with Crippen LogP contribution in [0.25, 0.3) is 5.57 Å². The van der Waals surface area contributed by atoms with E-state index in [0.29, 0.717) is 34.0 Å². The van der Waals surface area contributed by atoms with Crippen LogP contribution in [0.4, 0.5) is 5.69 Å². The third kappa shape index (κ3) is 2.73. The van der Waals surface area contributed by atoms with Gasteiger partial charge in [-0.2, -0.15) is 0 Å². The lowest BCUT2D eigenvalue weighted by Crippen LogP contribution is -2.41. The number of carbonyl (C=O) groups excluding carboxylic acids is 2. The topological polar surface area (TPSA) is 46.6 Å². The van der Waals surface area contributed by atoms with Crippen molar-refractivity contribution in [3.63, 3.8) is 0 Å². The molecular formula is C18H14ClNO3. The van der Waals surface area contributed by atoms with Crippen molar-refractivity contribution in [1.29, 1.82) is 0 Å². The first-order chi connectivity index (χ1) is 11.1. The Morgan fingerprint density at radius 2 is 1.78 bits per heavy atom. The van der Waals surface area contributed by atoms with Crippen LogP contribution in [0.2, 0.25) is 5.02 Å². The van der Waals surface area contributed by atoms with Gasteiger partial charge in [-0.3, -0.25) is 9.59 Å². The third-order valence-corrected chi connectivity index (χ3v) is 3.75. The highest BCUT2D eigenvalue weighted by molar-refractivity contribution is 6.41. The van der Waals surface area contributed by atoms with Crippen LogP contribution in [0, 0.1) is 0 Å². The molecule has 116 valence electrons. The van der Waals surface area contributed by atoms with Crippen molar-refractivity contribution in [2.24, 2.45) is 0 Å². The monoisotopic (exact) mass is 327 g/mol. The Bertz CT molecular complexity index is 813. The fraction of sp³-hybridized carbons (Fsp3) is 0.111. The summed E-state index contributed by atoms with van der Waals surface area (Å²) in [6, 6.07) is 13.6. The molecule has 2 aromatic rings. The van der Waals surface area contributed by atoms with Gasteiger partial charge in [0.25, 0.3) is 11.8 Å². The summed E-state index contributed by atoms with van der Waals surface area (Å²) in [5, 5.41) is 0.456. The molecule has 3 rings (SSSR count). The fourth-order valence-corrected chi connectivity index (χ4v) is 2.67. The number of imide groups is 1. The van der Waals surface area contributed by atoms with Gasteiger partial charge in [-0.1, -0.05) is 35.9 Å². The summed E-state index contributed by atoms with van der Waals surface area (Å²) < 4.78 is 5.30. The van der Waals surface area contributed by atoms with E-state index in [2.05, 4.69) is 0 Å². The minimum Gasteiger partial charge on any atom is -0.501 e. The van der Waals surface area contributed by atoms with E-state index >= 15 is 0 Å². The van der Waals surface area contributed by atoms with Crippen LogP contribution in [0.3, 0.4) is 0 Å². The van der Waals surface area contributed by atoms with Gasteiger partial charge in [0.15, 0.2) is 0 Å². The van der Waals surface area contributed by atoms with Gasteiger partial charge in [0, 0.05) is 16.1 Å². The minimum atomic E-state index is -0.426.